The van der Waals surface area contributed by atoms with Crippen molar-refractivity contribution in [2.45, 2.75) is 31.2 Å². The van der Waals surface area contributed by atoms with Gasteiger partial charge in [0.2, 0.25) is 10.0 Å². The summed E-state index contributed by atoms with van der Waals surface area (Å²) in [6.07, 6.45) is 1.48. The van der Waals surface area contributed by atoms with E-state index in [4.69, 9.17) is 0 Å². The zero-order valence-electron chi connectivity index (χ0n) is 16.9. The van der Waals surface area contributed by atoms with Gasteiger partial charge in [0, 0.05) is 6.54 Å². The van der Waals surface area contributed by atoms with Crippen molar-refractivity contribution in [1.29, 1.82) is 0 Å². The number of nitrogens with one attached hydrogen (secondary N) is 2. The highest BCUT2D eigenvalue weighted by molar-refractivity contribution is 7.89. The predicted octanol–water partition coefficient (Wildman–Crippen LogP) is 2.97. The van der Waals surface area contributed by atoms with E-state index in [0.717, 1.165) is 0 Å². The van der Waals surface area contributed by atoms with E-state index in [2.05, 4.69) is 15.1 Å². The molecule has 2 aromatic carbocycles. The predicted molar refractivity (Wildman–Crippen MR) is 111 cm³/mol. The zero-order valence-corrected chi connectivity index (χ0v) is 17.7. The van der Waals surface area contributed by atoms with Gasteiger partial charge in [-0.25, -0.2) is 22.2 Å². The molecule has 0 aliphatic heterocycles. The lowest BCUT2D eigenvalue weighted by Gasteiger charge is -2.13. The summed E-state index contributed by atoms with van der Waals surface area (Å²) in [6, 6.07) is 12.2. The molecule has 2 N–H and O–H groups in total. The third kappa shape index (κ3) is 4.58. The summed E-state index contributed by atoms with van der Waals surface area (Å²) in [5, 5.41) is 7.13. The summed E-state index contributed by atoms with van der Waals surface area (Å²) in [5.41, 5.74) is 2.42. The SMILES string of the molecule is CNS(=O)(=O)c1cccc(CNC(=O)c2cnn(-c3ccc(F)cc3)c2C(C)C)c1. The van der Waals surface area contributed by atoms with Crippen molar-refractivity contribution in [3.63, 3.8) is 0 Å². The number of rotatable bonds is 7. The number of halogens is 1. The Labute approximate surface area is 175 Å². The lowest BCUT2D eigenvalue weighted by molar-refractivity contribution is 0.0949. The molecule has 158 valence electrons. The van der Waals surface area contributed by atoms with Crippen molar-refractivity contribution >= 4 is 15.9 Å². The first kappa shape index (κ1) is 21.7. The van der Waals surface area contributed by atoms with E-state index in [-0.39, 0.29) is 29.1 Å². The fourth-order valence-electron chi connectivity index (χ4n) is 3.09. The van der Waals surface area contributed by atoms with Gasteiger partial charge in [-0.3, -0.25) is 4.79 Å². The van der Waals surface area contributed by atoms with E-state index in [9.17, 15) is 17.6 Å². The highest BCUT2D eigenvalue weighted by Gasteiger charge is 2.21. The highest BCUT2D eigenvalue weighted by atomic mass is 32.2. The maximum atomic E-state index is 13.2. The Balaban J connectivity index is 1.83. The average Bonchev–Trinajstić information content (AvgIpc) is 3.18. The number of aromatic nitrogens is 2. The fraction of sp³-hybridized carbons (Fsp3) is 0.238. The second-order valence-electron chi connectivity index (χ2n) is 7.02. The molecule has 1 heterocycles. The molecule has 0 radical (unpaired) electrons. The van der Waals surface area contributed by atoms with Crippen molar-refractivity contribution in [3.05, 3.63) is 77.4 Å². The summed E-state index contributed by atoms with van der Waals surface area (Å²) < 4.78 is 41.1. The van der Waals surface area contributed by atoms with Crippen LogP contribution in [0.25, 0.3) is 5.69 Å². The van der Waals surface area contributed by atoms with E-state index >= 15 is 0 Å². The molecule has 0 aliphatic rings. The number of sulfonamides is 1. The van der Waals surface area contributed by atoms with Crippen LogP contribution in [0.5, 0.6) is 0 Å². The van der Waals surface area contributed by atoms with E-state index in [0.29, 0.717) is 22.5 Å². The first-order valence-corrected chi connectivity index (χ1v) is 10.9. The van der Waals surface area contributed by atoms with Crippen molar-refractivity contribution in [1.82, 2.24) is 19.8 Å². The summed E-state index contributed by atoms with van der Waals surface area (Å²) in [5.74, 6) is -0.686. The average molecular weight is 431 g/mol. The molecule has 0 atom stereocenters. The Kier molecular flexibility index (Phi) is 6.33. The third-order valence-electron chi connectivity index (χ3n) is 4.60. The van der Waals surface area contributed by atoms with Crippen molar-refractivity contribution in [3.8, 4) is 5.69 Å². The lowest BCUT2D eigenvalue weighted by Crippen LogP contribution is -2.24. The number of hydrogen-bond donors (Lipinski definition) is 2. The topological polar surface area (TPSA) is 93.1 Å². The highest BCUT2D eigenvalue weighted by Crippen LogP contribution is 2.23. The molecular formula is C21H23FN4O3S. The second kappa shape index (κ2) is 8.76. The minimum Gasteiger partial charge on any atom is -0.348 e. The third-order valence-corrected chi connectivity index (χ3v) is 6.01. The van der Waals surface area contributed by atoms with Gasteiger partial charge in [0.15, 0.2) is 0 Å². The number of hydrogen-bond acceptors (Lipinski definition) is 4. The van der Waals surface area contributed by atoms with Crippen LogP contribution in [0.3, 0.4) is 0 Å². The van der Waals surface area contributed by atoms with Crippen molar-refractivity contribution in [2.24, 2.45) is 0 Å². The molecule has 3 aromatic rings. The van der Waals surface area contributed by atoms with Gasteiger partial charge in [0.05, 0.1) is 28.0 Å². The smallest absolute Gasteiger partial charge is 0.255 e. The Morgan fingerprint density at radius 2 is 1.87 bits per heavy atom. The fourth-order valence-corrected chi connectivity index (χ4v) is 3.89. The Bertz CT molecular complexity index is 1160. The standard InChI is InChI=1S/C21H23FN4O3S/c1-14(2)20-19(13-25-26(20)17-9-7-16(22)8-10-17)21(27)24-12-15-5-4-6-18(11-15)30(28,29)23-3/h4-11,13-14,23H,12H2,1-3H3,(H,24,27). The van der Waals surface area contributed by atoms with Crippen molar-refractivity contribution < 1.29 is 17.6 Å². The Morgan fingerprint density at radius 1 is 1.17 bits per heavy atom. The lowest BCUT2D eigenvalue weighted by atomic mass is 10.0. The minimum atomic E-state index is -3.56. The van der Waals surface area contributed by atoms with Crippen LogP contribution in [0.1, 0.15) is 41.4 Å². The molecule has 0 unspecified atom stereocenters. The van der Waals surface area contributed by atoms with E-state index < -0.39 is 10.0 Å². The Morgan fingerprint density at radius 3 is 2.50 bits per heavy atom. The molecule has 1 aromatic heterocycles. The largest absolute Gasteiger partial charge is 0.348 e. The summed E-state index contributed by atoms with van der Waals surface area (Å²) in [4.78, 5) is 13.0. The molecular weight excluding hydrogens is 407 g/mol. The Hall–Kier alpha value is -3.04. The maximum absolute atomic E-state index is 13.2. The van der Waals surface area contributed by atoms with Gasteiger partial charge in [0.1, 0.15) is 5.82 Å². The number of carbonyl (C=O) groups is 1. The van der Waals surface area contributed by atoms with Gasteiger partial charge in [-0.15, -0.1) is 0 Å². The first-order valence-electron chi connectivity index (χ1n) is 9.37. The van der Waals surface area contributed by atoms with E-state index in [1.54, 1.807) is 28.9 Å². The van der Waals surface area contributed by atoms with Crippen LogP contribution in [0, 0.1) is 5.82 Å². The molecule has 0 aliphatic carbocycles. The van der Waals surface area contributed by atoms with Crippen LogP contribution in [-0.2, 0) is 16.6 Å². The second-order valence-corrected chi connectivity index (χ2v) is 8.91. The molecule has 1 amide bonds. The summed E-state index contributed by atoms with van der Waals surface area (Å²) in [7, 11) is -2.22. The van der Waals surface area contributed by atoms with E-state index in [1.165, 1.54) is 37.5 Å². The number of benzene rings is 2. The van der Waals surface area contributed by atoms with Gasteiger partial charge in [-0.05, 0) is 54.9 Å². The van der Waals surface area contributed by atoms with Crippen LogP contribution in [0.15, 0.2) is 59.6 Å². The maximum Gasteiger partial charge on any atom is 0.255 e. The normalized spacial score (nSPS) is 11.6. The van der Waals surface area contributed by atoms with E-state index in [1.807, 2.05) is 13.8 Å². The minimum absolute atomic E-state index is 0.0117. The molecule has 7 nitrogen and oxygen atoms in total. The summed E-state index contributed by atoms with van der Waals surface area (Å²) in [6.45, 7) is 4.05. The molecule has 0 saturated heterocycles. The monoisotopic (exact) mass is 430 g/mol. The summed E-state index contributed by atoms with van der Waals surface area (Å²) >= 11 is 0. The molecule has 3 rings (SSSR count). The number of amides is 1. The van der Waals surface area contributed by atoms with Crippen LogP contribution < -0.4 is 10.0 Å². The first-order chi connectivity index (χ1) is 14.2. The quantitative estimate of drug-likeness (QED) is 0.603. The molecule has 0 spiro atoms. The van der Waals surface area contributed by atoms with Crippen molar-refractivity contribution in [2.75, 3.05) is 7.05 Å². The van der Waals surface area contributed by atoms with Gasteiger partial charge in [-0.1, -0.05) is 26.0 Å². The zero-order chi connectivity index (χ0) is 21.9. The van der Waals surface area contributed by atoms with Crippen LogP contribution in [-0.4, -0.2) is 31.2 Å². The molecule has 30 heavy (non-hydrogen) atoms. The van der Waals surface area contributed by atoms with Crippen LogP contribution >= 0.6 is 0 Å². The van der Waals surface area contributed by atoms with Gasteiger partial charge in [0.25, 0.3) is 5.91 Å². The van der Waals surface area contributed by atoms with Gasteiger partial charge in [-0.2, -0.15) is 5.10 Å². The molecule has 0 bridgehead atoms. The van der Waals surface area contributed by atoms with Gasteiger partial charge >= 0.3 is 0 Å². The van der Waals surface area contributed by atoms with Crippen LogP contribution in [0.4, 0.5) is 4.39 Å². The molecule has 9 heteroatoms. The molecule has 0 saturated carbocycles. The number of nitrogens with zero attached hydrogens (tertiary/aromatic N) is 2. The van der Waals surface area contributed by atoms with Gasteiger partial charge < -0.3 is 5.32 Å². The number of carbonyl (C=O) groups excluding carboxylic acids is 1. The van der Waals surface area contributed by atoms with Crippen LogP contribution in [0.2, 0.25) is 0 Å². The molecule has 0 fully saturated rings.